The first-order valence-corrected chi connectivity index (χ1v) is 5.28. The predicted molar refractivity (Wildman–Crippen MR) is 67.1 cm³/mol. The van der Waals surface area contributed by atoms with Gasteiger partial charge in [0, 0.05) is 24.4 Å². The number of hydrogen-bond acceptors (Lipinski definition) is 5. The topological polar surface area (TPSA) is 95.8 Å². The van der Waals surface area contributed by atoms with E-state index < -0.39 is 0 Å². The van der Waals surface area contributed by atoms with E-state index in [9.17, 15) is 9.59 Å². The number of carbonyl (C=O) groups is 2. The Kier molecular flexibility index (Phi) is 5.74. The van der Waals surface area contributed by atoms with E-state index in [0.717, 1.165) is 0 Å². The number of carbonyl (C=O) groups excluding carboxylic acids is 2. The van der Waals surface area contributed by atoms with Crippen molar-refractivity contribution in [1.29, 1.82) is 0 Å². The zero-order valence-corrected chi connectivity index (χ0v) is 9.83. The van der Waals surface area contributed by atoms with Crippen molar-refractivity contribution in [3.05, 3.63) is 30.1 Å². The molecule has 0 saturated carbocycles. The van der Waals surface area contributed by atoms with Crippen molar-refractivity contribution >= 4 is 24.2 Å². The van der Waals surface area contributed by atoms with Crippen molar-refractivity contribution in [3.8, 4) is 0 Å². The highest BCUT2D eigenvalue weighted by atomic mass is 16.2. The van der Waals surface area contributed by atoms with E-state index in [2.05, 4.69) is 26.0 Å². The summed E-state index contributed by atoms with van der Waals surface area (Å²) in [6.07, 6.45) is 5.91. The van der Waals surface area contributed by atoms with Gasteiger partial charge in [-0.1, -0.05) is 6.92 Å². The molecule has 2 amide bonds. The Morgan fingerprint density at radius 2 is 1.83 bits per heavy atom. The maximum atomic E-state index is 11.5. The molecule has 1 rings (SSSR count). The molecule has 94 valence electrons. The molecule has 7 heteroatoms. The van der Waals surface area contributed by atoms with Gasteiger partial charge in [0.1, 0.15) is 0 Å². The third-order valence-electron chi connectivity index (χ3n) is 1.83. The van der Waals surface area contributed by atoms with Crippen molar-refractivity contribution in [1.82, 2.24) is 15.8 Å². The molecule has 7 nitrogen and oxygen atoms in total. The fraction of sp³-hybridized carbons (Fsp3) is 0.182. The maximum Gasteiger partial charge on any atom is 0.271 e. The molecule has 0 fully saturated rings. The second-order valence-electron chi connectivity index (χ2n) is 3.12. The van der Waals surface area contributed by atoms with Crippen LogP contribution in [0.3, 0.4) is 0 Å². The van der Waals surface area contributed by atoms with Crippen LogP contribution in [-0.4, -0.2) is 29.2 Å². The Bertz CT molecular complexity index is 456. The lowest BCUT2D eigenvalue weighted by Crippen LogP contribution is -2.18. The van der Waals surface area contributed by atoms with Gasteiger partial charge in [0.05, 0.1) is 12.4 Å². The molecule has 0 radical (unpaired) electrons. The van der Waals surface area contributed by atoms with E-state index in [4.69, 9.17) is 0 Å². The summed E-state index contributed by atoms with van der Waals surface area (Å²) in [6.45, 7) is 1.72. The molecule has 18 heavy (non-hydrogen) atoms. The Balaban J connectivity index is 2.33. The van der Waals surface area contributed by atoms with Crippen LogP contribution >= 0.6 is 0 Å². The van der Waals surface area contributed by atoms with Crippen LogP contribution in [0.1, 0.15) is 23.7 Å². The predicted octanol–water partition coefficient (Wildman–Crippen LogP) is 0.309. The third-order valence-corrected chi connectivity index (χ3v) is 1.83. The lowest BCUT2D eigenvalue weighted by molar-refractivity contribution is -0.120. The Labute approximate surface area is 104 Å². The van der Waals surface area contributed by atoms with Gasteiger partial charge >= 0.3 is 0 Å². The van der Waals surface area contributed by atoms with Gasteiger partial charge in [-0.25, -0.2) is 10.9 Å². The molecule has 0 atom stereocenters. The number of pyridine rings is 1. The molecular weight excluding hydrogens is 234 g/mol. The van der Waals surface area contributed by atoms with Crippen LogP contribution in [0.5, 0.6) is 0 Å². The van der Waals surface area contributed by atoms with Gasteiger partial charge in [0.2, 0.25) is 5.91 Å². The SMILES string of the molecule is CCC(=O)N/N=C\C=N\NC(=O)c1ccncc1. The van der Waals surface area contributed by atoms with Crippen LogP contribution in [0.25, 0.3) is 0 Å². The van der Waals surface area contributed by atoms with Crippen LogP contribution in [0.4, 0.5) is 0 Å². The minimum atomic E-state index is -0.348. The molecule has 0 aliphatic carbocycles. The molecule has 1 aromatic rings. The zero-order chi connectivity index (χ0) is 13.2. The first kappa shape index (κ1) is 13.5. The van der Waals surface area contributed by atoms with Gasteiger partial charge in [0.15, 0.2) is 0 Å². The smallest absolute Gasteiger partial charge is 0.271 e. The average Bonchev–Trinajstić information content (AvgIpc) is 2.43. The minimum absolute atomic E-state index is 0.194. The van der Waals surface area contributed by atoms with Gasteiger partial charge < -0.3 is 0 Å². The normalized spacial score (nSPS) is 10.7. The van der Waals surface area contributed by atoms with Crippen molar-refractivity contribution in [2.75, 3.05) is 0 Å². The summed E-state index contributed by atoms with van der Waals surface area (Å²) in [5, 5.41) is 7.20. The highest BCUT2D eigenvalue weighted by Crippen LogP contribution is 1.94. The standard InChI is InChI=1S/C11H13N5O2/c1-2-10(17)15-13-7-8-14-16-11(18)9-3-5-12-6-4-9/h3-8H,2H2,1H3,(H,15,17)(H,16,18)/b13-7-,14-8+. The molecule has 0 bridgehead atoms. The molecule has 1 heterocycles. The first-order chi connectivity index (χ1) is 8.74. The zero-order valence-electron chi connectivity index (χ0n) is 9.83. The number of nitrogens with one attached hydrogen (secondary N) is 2. The number of nitrogens with zero attached hydrogens (tertiary/aromatic N) is 3. The molecule has 0 aromatic carbocycles. The Hall–Kier alpha value is -2.57. The summed E-state index contributed by atoms with van der Waals surface area (Å²) in [7, 11) is 0. The van der Waals surface area contributed by atoms with E-state index in [1.165, 1.54) is 24.8 Å². The van der Waals surface area contributed by atoms with Crippen LogP contribution in [0.15, 0.2) is 34.7 Å². The van der Waals surface area contributed by atoms with Gasteiger partial charge in [-0.3, -0.25) is 14.6 Å². The summed E-state index contributed by atoms with van der Waals surface area (Å²) >= 11 is 0. The number of rotatable bonds is 5. The summed E-state index contributed by atoms with van der Waals surface area (Å²) in [4.78, 5) is 26.1. The quantitative estimate of drug-likeness (QED) is 0.579. The second-order valence-corrected chi connectivity index (χ2v) is 3.12. The first-order valence-electron chi connectivity index (χ1n) is 5.28. The molecule has 0 aliphatic rings. The van der Waals surface area contributed by atoms with E-state index in [1.54, 1.807) is 19.1 Å². The largest absolute Gasteiger partial charge is 0.273 e. The Morgan fingerprint density at radius 1 is 1.22 bits per heavy atom. The average molecular weight is 247 g/mol. The molecule has 0 unspecified atom stereocenters. The highest BCUT2D eigenvalue weighted by molar-refractivity contribution is 6.16. The summed E-state index contributed by atoms with van der Waals surface area (Å²) in [5.41, 5.74) is 5.03. The molecule has 0 saturated heterocycles. The van der Waals surface area contributed by atoms with Crippen molar-refractivity contribution in [3.63, 3.8) is 0 Å². The van der Waals surface area contributed by atoms with E-state index in [-0.39, 0.29) is 11.8 Å². The maximum absolute atomic E-state index is 11.5. The van der Waals surface area contributed by atoms with Crippen LogP contribution < -0.4 is 10.9 Å². The third kappa shape index (κ3) is 4.97. The summed E-state index contributed by atoms with van der Waals surface area (Å²) < 4.78 is 0. The van der Waals surface area contributed by atoms with Crippen molar-refractivity contribution in [2.24, 2.45) is 10.2 Å². The van der Waals surface area contributed by atoms with Crippen molar-refractivity contribution in [2.45, 2.75) is 13.3 Å². The van der Waals surface area contributed by atoms with Gasteiger partial charge in [-0.05, 0) is 12.1 Å². The van der Waals surface area contributed by atoms with Crippen LogP contribution in [-0.2, 0) is 4.79 Å². The minimum Gasteiger partial charge on any atom is -0.273 e. The summed E-state index contributed by atoms with van der Waals surface area (Å²) in [5.74, 6) is -0.542. The fourth-order valence-corrected chi connectivity index (χ4v) is 0.919. The highest BCUT2D eigenvalue weighted by Gasteiger charge is 2.01. The van der Waals surface area contributed by atoms with E-state index in [1.807, 2.05) is 0 Å². The van der Waals surface area contributed by atoms with Crippen LogP contribution in [0, 0.1) is 0 Å². The lowest BCUT2D eigenvalue weighted by atomic mass is 10.3. The fourth-order valence-electron chi connectivity index (χ4n) is 0.919. The second kappa shape index (κ2) is 7.66. The van der Waals surface area contributed by atoms with Gasteiger partial charge in [0.25, 0.3) is 5.91 Å². The van der Waals surface area contributed by atoms with Gasteiger partial charge in [-0.15, -0.1) is 0 Å². The van der Waals surface area contributed by atoms with Crippen molar-refractivity contribution < 1.29 is 9.59 Å². The monoisotopic (exact) mass is 247 g/mol. The van der Waals surface area contributed by atoms with E-state index >= 15 is 0 Å². The summed E-state index contributed by atoms with van der Waals surface area (Å²) in [6, 6.07) is 3.14. The van der Waals surface area contributed by atoms with Gasteiger partial charge in [-0.2, -0.15) is 10.2 Å². The molecule has 2 N–H and O–H groups in total. The number of aromatic nitrogens is 1. The number of amides is 2. The Morgan fingerprint density at radius 3 is 2.44 bits per heavy atom. The lowest BCUT2D eigenvalue weighted by Gasteiger charge is -1.97. The molecule has 0 spiro atoms. The van der Waals surface area contributed by atoms with Crippen LogP contribution in [0.2, 0.25) is 0 Å². The molecule has 0 aliphatic heterocycles. The molecular formula is C11H13N5O2. The molecule has 1 aromatic heterocycles. The number of hydrazone groups is 2. The van der Waals surface area contributed by atoms with E-state index in [0.29, 0.717) is 12.0 Å². The number of hydrogen-bond donors (Lipinski definition) is 2.